The Bertz CT molecular complexity index is 337. The van der Waals surface area contributed by atoms with E-state index in [0.717, 1.165) is 0 Å². The summed E-state index contributed by atoms with van der Waals surface area (Å²) in [5.41, 5.74) is 2.15. The van der Waals surface area contributed by atoms with Crippen LogP contribution in [0, 0.1) is 0 Å². The molecule has 0 saturated carbocycles. The van der Waals surface area contributed by atoms with E-state index in [9.17, 15) is 9.59 Å². The molecule has 6 heteroatoms. The third-order valence-corrected chi connectivity index (χ3v) is 2.56. The van der Waals surface area contributed by atoms with Gasteiger partial charge in [-0.25, -0.2) is 5.48 Å². The van der Waals surface area contributed by atoms with Gasteiger partial charge in [-0.3, -0.25) is 14.4 Å². The largest absolute Gasteiger partial charge is 0.340 e. The molecule has 82 valence electrons. The summed E-state index contributed by atoms with van der Waals surface area (Å²) in [5, 5.41) is 4.35. The maximum absolute atomic E-state index is 11.5. The lowest BCUT2D eigenvalue weighted by Gasteiger charge is -2.11. The molecule has 2 amide bonds. The van der Waals surface area contributed by atoms with Crippen molar-refractivity contribution in [2.24, 2.45) is 0 Å². The number of hydroxylamine groups is 1. The maximum atomic E-state index is 11.5. The first kappa shape index (κ1) is 11.7. The molecule has 0 aliphatic carbocycles. The predicted molar refractivity (Wildman–Crippen MR) is 56.4 cm³/mol. The lowest BCUT2D eigenvalue weighted by Crippen LogP contribution is -2.44. The van der Waals surface area contributed by atoms with Gasteiger partial charge in [-0.2, -0.15) is 0 Å². The summed E-state index contributed by atoms with van der Waals surface area (Å²) in [6, 6.07) is 2.85. The topological polar surface area (TPSA) is 67.4 Å². The zero-order valence-electron chi connectivity index (χ0n) is 8.44. The summed E-state index contributed by atoms with van der Waals surface area (Å²) >= 11 is 1.32. The summed E-state index contributed by atoms with van der Waals surface area (Å²) in [5.74, 6) is -0.647. The number of hydrogen-bond donors (Lipinski definition) is 2. The van der Waals surface area contributed by atoms with E-state index in [1.54, 1.807) is 24.4 Å². The van der Waals surface area contributed by atoms with E-state index < -0.39 is 6.04 Å². The molecule has 0 fully saturated rings. The summed E-state index contributed by atoms with van der Waals surface area (Å²) in [6.45, 7) is 1.58. The van der Waals surface area contributed by atoms with Gasteiger partial charge in [0.15, 0.2) is 0 Å². The van der Waals surface area contributed by atoms with Gasteiger partial charge in [0.05, 0.1) is 12.0 Å². The highest BCUT2D eigenvalue weighted by Gasteiger charge is 2.16. The van der Waals surface area contributed by atoms with Crippen molar-refractivity contribution in [1.29, 1.82) is 0 Å². The van der Waals surface area contributed by atoms with E-state index in [1.165, 1.54) is 18.4 Å². The second-order valence-corrected chi connectivity index (χ2v) is 3.79. The fourth-order valence-corrected chi connectivity index (χ4v) is 1.56. The molecule has 0 saturated heterocycles. The minimum atomic E-state index is -0.625. The minimum absolute atomic E-state index is 0.260. The van der Waals surface area contributed by atoms with Crippen LogP contribution in [0.2, 0.25) is 0 Å². The van der Waals surface area contributed by atoms with E-state index >= 15 is 0 Å². The van der Waals surface area contributed by atoms with Crippen LogP contribution in [0.3, 0.4) is 0 Å². The molecule has 0 spiro atoms. The number of rotatable bonds is 4. The molecule has 0 aliphatic rings. The van der Waals surface area contributed by atoms with Crippen LogP contribution in [0.15, 0.2) is 17.5 Å². The van der Waals surface area contributed by atoms with E-state index in [4.69, 9.17) is 0 Å². The lowest BCUT2D eigenvalue weighted by atomic mass is 10.3. The van der Waals surface area contributed by atoms with Crippen molar-refractivity contribution in [3.8, 4) is 0 Å². The second kappa shape index (κ2) is 5.47. The van der Waals surface area contributed by atoms with Crippen molar-refractivity contribution in [3.05, 3.63) is 22.4 Å². The second-order valence-electron chi connectivity index (χ2n) is 2.84. The van der Waals surface area contributed by atoms with E-state index in [1.807, 2.05) is 0 Å². The summed E-state index contributed by atoms with van der Waals surface area (Å²) < 4.78 is 0. The van der Waals surface area contributed by atoms with E-state index in [0.29, 0.717) is 4.88 Å². The van der Waals surface area contributed by atoms with Gasteiger partial charge in [-0.15, -0.1) is 11.3 Å². The molecule has 0 radical (unpaired) electrons. The SMILES string of the molecule is CONC(=O)C(C)NC(=O)c1cccs1. The molecule has 0 aliphatic heterocycles. The van der Waals surface area contributed by atoms with Crippen LogP contribution in [0.25, 0.3) is 0 Å². The summed E-state index contributed by atoms with van der Waals surface area (Å²) in [6.07, 6.45) is 0. The number of thiophene rings is 1. The van der Waals surface area contributed by atoms with Gasteiger partial charge in [0, 0.05) is 0 Å². The van der Waals surface area contributed by atoms with Gasteiger partial charge in [0.1, 0.15) is 6.04 Å². The normalized spacial score (nSPS) is 11.9. The molecule has 1 rings (SSSR count). The average Bonchev–Trinajstić information content (AvgIpc) is 2.70. The van der Waals surface area contributed by atoms with Crippen molar-refractivity contribution in [2.45, 2.75) is 13.0 Å². The van der Waals surface area contributed by atoms with E-state index in [-0.39, 0.29) is 11.8 Å². The first-order chi connectivity index (χ1) is 7.15. The Hall–Kier alpha value is -1.40. The molecule has 1 aromatic rings. The number of hydrogen-bond acceptors (Lipinski definition) is 4. The Morgan fingerprint density at radius 1 is 1.53 bits per heavy atom. The maximum Gasteiger partial charge on any atom is 0.265 e. The van der Waals surface area contributed by atoms with Crippen LogP contribution in [0.4, 0.5) is 0 Å². The molecule has 5 nitrogen and oxygen atoms in total. The van der Waals surface area contributed by atoms with Gasteiger partial charge in [-0.1, -0.05) is 6.07 Å². The van der Waals surface area contributed by atoms with Crippen LogP contribution in [0.1, 0.15) is 16.6 Å². The van der Waals surface area contributed by atoms with Crippen molar-refractivity contribution in [2.75, 3.05) is 7.11 Å². The first-order valence-electron chi connectivity index (χ1n) is 4.32. The van der Waals surface area contributed by atoms with Crippen molar-refractivity contribution >= 4 is 23.2 Å². The standard InChI is InChI=1S/C9H12N2O3S/c1-6(8(12)11-14-2)10-9(13)7-4-3-5-15-7/h3-6H,1-2H3,(H,10,13)(H,11,12). The number of amides is 2. The molecule has 1 aromatic heterocycles. The van der Waals surface area contributed by atoms with Crippen LogP contribution in [0.5, 0.6) is 0 Å². The van der Waals surface area contributed by atoms with Crippen LogP contribution < -0.4 is 10.8 Å². The van der Waals surface area contributed by atoms with Crippen LogP contribution in [-0.4, -0.2) is 25.0 Å². The number of carbonyl (C=O) groups excluding carboxylic acids is 2. The fourth-order valence-electron chi connectivity index (χ4n) is 0.930. The van der Waals surface area contributed by atoms with Gasteiger partial charge >= 0.3 is 0 Å². The number of carbonyl (C=O) groups is 2. The fraction of sp³-hybridized carbons (Fsp3) is 0.333. The molecule has 2 N–H and O–H groups in total. The highest BCUT2D eigenvalue weighted by atomic mass is 32.1. The van der Waals surface area contributed by atoms with E-state index in [2.05, 4.69) is 15.6 Å². The highest BCUT2D eigenvalue weighted by Crippen LogP contribution is 2.07. The Labute approximate surface area is 91.4 Å². The van der Waals surface area contributed by atoms with Crippen molar-refractivity contribution in [3.63, 3.8) is 0 Å². The molecule has 0 aromatic carbocycles. The molecular formula is C9H12N2O3S. The predicted octanol–water partition coefficient (Wildman–Crippen LogP) is 0.544. The van der Waals surface area contributed by atoms with Gasteiger partial charge in [0.2, 0.25) is 0 Å². The Morgan fingerprint density at radius 3 is 2.80 bits per heavy atom. The average molecular weight is 228 g/mol. The Balaban J connectivity index is 2.48. The lowest BCUT2D eigenvalue weighted by molar-refractivity contribution is -0.132. The first-order valence-corrected chi connectivity index (χ1v) is 5.20. The van der Waals surface area contributed by atoms with Gasteiger partial charge in [-0.05, 0) is 18.4 Å². The number of nitrogens with one attached hydrogen (secondary N) is 2. The van der Waals surface area contributed by atoms with Gasteiger partial charge in [0.25, 0.3) is 11.8 Å². The minimum Gasteiger partial charge on any atom is -0.340 e. The Kier molecular flexibility index (Phi) is 4.26. The quantitative estimate of drug-likeness (QED) is 0.739. The van der Waals surface area contributed by atoms with Crippen LogP contribution >= 0.6 is 11.3 Å². The molecular weight excluding hydrogens is 216 g/mol. The monoisotopic (exact) mass is 228 g/mol. The summed E-state index contributed by atoms with van der Waals surface area (Å²) in [4.78, 5) is 27.7. The smallest absolute Gasteiger partial charge is 0.265 e. The third-order valence-electron chi connectivity index (χ3n) is 1.69. The van der Waals surface area contributed by atoms with Crippen molar-refractivity contribution < 1.29 is 14.4 Å². The van der Waals surface area contributed by atoms with Crippen molar-refractivity contribution in [1.82, 2.24) is 10.8 Å². The molecule has 1 heterocycles. The third kappa shape index (κ3) is 3.34. The zero-order valence-corrected chi connectivity index (χ0v) is 9.26. The van der Waals surface area contributed by atoms with Crippen LogP contribution in [-0.2, 0) is 9.63 Å². The molecule has 0 bridgehead atoms. The molecule has 1 unspecified atom stereocenters. The van der Waals surface area contributed by atoms with Gasteiger partial charge < -0.3 is 5.32 Å². The molecule has 1 atom stereocenters. The highest BCUT2D eigenvalue weighted by molar-refractivity contribution is 7.12. The summed E-state index contributed by atoms with van der Waals surface area (Å²) in [7, 11) is 1.34. The zero-order chi connectivity index (χ0) is 11.3. The molecule has 15 heavy (non-hydrogen) atoms. The Morgan fingerprint density at radius 2 is 2.27 bits per heavy atom.